The first-order valence-electron chi connectivity index (χ1n) is 6.33. The number of carbonyl (C=O) groups is 1. The SMILES string of the molecule is CS(=O)(=O)NCCCNC(=O)c1n[nH]c2ccc(N)cc12. The number of aromatic amines is 1. The lowest BCUT2D eigenvalue weighted by Crippen LogP contribution is -2.29. The second-order valence-corrected chi connectivity index (χ2v) is 6.49. The summed E-state index contributed by atoms with van der Waals surface area (Å²) in [7, 11) is -3.20. The van der Waals surface area contributed by atoms with E-state index in [1.807, 2.05) is 0 Å². The Kier molecular flexibility index (Phi) is 4.43. The van der Waals surface area contributed by atoms with Crippen molar-refractivity contribution in [1.82, 2.24) is 20.2 Å². The number of nitrogens with one attached hydrogen (secondary N) is 3. The summed E-state index contributed by atoms with van der Waals surface area (Å²) in [6, 6.07) is 5.16. The molecular formula is C12H17N5O3S. The van der Waals surface area contributed by atoms with E-state index in [1.54, 1.807) is 18.2 Å². The molecule has 0 atom stereocenters. The molecule has 2 rings (SSSR count). The van der Waals surface area contributed by atoms with Gasteiger partial charge in [0.25, 0.3) is 5.91 Å². The van der Waals surface area contributed by atoms with Gasteiger partial charge in [0.15, 0.2) is 5.69 Å². The number of hydrogen-bond acceptors (Lipinski definition) is 5. The van der Waals surface area contributed by atoms with Crippen molar-refractivity contribution in [3.8, 4) is 0 Å². The van der Waals surface area contributed by atoms with E-state index in [0.717, 1.165) is 11.8 Å². The molecule has 1 heterocycles. The van der Waals surface area contributed by atoms with Crippen LogP contribution in [0.1, 0.15) is 16.9 Å². The molecular weight excluding hydrogens is 294 g/mol. The third-order valence-electron chi connectivity index (χ3n) is 2.81. The van der Waals surface area contributed by atoms with Crippen molar-refractivity contribution in [3.05, 3.63) is 23.9 Å². The molecule has 21 heavy (non-hydrogen) atoms. The summed E-state index contributed by atoms with van der Waals surface area (Å²) in [5.41, 5.74) is 7.25. The predicted octanol–water partition coefficient (Wildman–Crippen LogP) is -0.186. The Balaban J connectivity index is 1.92. The Morgan fingerprint density at radius 3 is 2.86 bits per heavy atom. The number of sulfonamides is 1. The maximum Gasteiger partial charge on any atom is 0.272 e. The van der Waals surface area contributed by atoms with Gasteiger partial charge in [-0.1, -0.05) is 0 Å². The zero-order valence-corrected chi connectivity index (χ0v) is 12.3. The maximum atomic E-state index is 12.0. The fourth-order valence-corrected chi connectivity index (χ4v) is 2.35. The van der Waals surface area contributed by atoms with Gasteiger partial charge in [0, 0.05) is 24.2 Å². The molecule has 5 N–H and O–H groups in total. The molecule has 0 radical (unpaired) electrons. The normalized spacial score (nSPS) is 11.7. The van der Waals surface area contributed by atoms with Crippen LogP contribution in [0.5, 0.6) is 0 Å². The third-order valence-corrected chi connectivity index (χ3v) is 3.53. The average Bonchev–Trinajstić information content (AvgIpc) is 2.79. The molecule has 0 saturated heterocycles. The Morgan fingerprint density at radius 1 is 1.38 bits per heavy atom. The van der Waals surface area contributed by atoms with Gasteiger partial charge >= 0.3 is 0 Å². The molecule has 0 aliphatic carbocycles. The third kappa shape index (κ3) is 4.17. The van der Waals surface area contributed by atoms with Gasteiger partial charge in [-0.15, -0.1) is 0 Å². The van der Waals surface area contributed by atoms with Crippen LogP contribution in [0.25, 0.3) is 10.9 Å². The van der Waals surface area contributed by atoms with Gasteiger partial charge < -0.3 is 11.1 Å². The van der Waals surface area contributed by atoms with Crippen LogP contribution in [0, 0.1) is 0 Å². The van der Waals surface area contributed by atoms with Gasteiger partial charge in [-0.2, -0.15) is 5.10 Å². The summed E-state index contributed by atoms with van der Waals surface area (Å²) in [5.74, 6) is -0.328. The topological polar surface area (TPSA) is 130 Å². The van der Waals surface area contributed by atoms with Gasteiger partial charge in [-0.3, -0.25) is 9.89 Å². The molecule has 8 nitrogen and oxygen atoms in total. The van der Waals surface area contributed by atoms with E-state index in [9.17, 15) is 13.2 Å². The summed E-state index contributed by atoms with van der Waals surface area (Å²) in [6.45, 7) is 0.616. The van der Waals surface area contributed by atoms with Crippen LogP contribution in [-0.4, -0.2) is 43.9 Å². The number of benzene rings is 1. The molecule has 0 spiro atoms. The van der Waals surface area contributed by atoms with Crippen molar-refractivity contribution in [3.63, 3.8) is 0 Å². The minimum Gasteiger partial charge on any atom is -0.399 e. The molecule has 1 amide bonds. The summed E-state index contributed by atoms with van der Waals surface area (Å²) >= 11 is 0. The highest BCUT2D eigenvalue weighted by Crippen LogP contribution is 2.18. The smallest absolute Gasteiger partial charge is 0.272 e. The fourth-order valence-electron chi connectivity index (χ4n) is 1.84. The van der Waals surface area contributed by atoms with Gasteiger partial charge in [0.1, 0.15) is 0 Å². The Morgan fingerprint density at radius 2 is 2.14 bits per heavy atom. The monoisotopic (exact) mass is 311 g/mol. The number of fused-ring (bicyclic) bond motifs is 1. The quantitative estimate of drug-likeness (QED) is 0.434. The van der Waals surface area contributed by atoms with Crippen molar-refractivity contribution in [1.29, 1.82) is 0 Å². The highest BCUT2D eigenvalue weighted by molar-refractivity contribution is 7.88. The number of nitrogen functional groups attached to an aromatic ring is 1. The Labute approximate surface area is 122 Å². The number of amides is 1. The van der Waals surface area contributed by atoms with E-state index >= 15 is 0 Å². The fraction of sp³-hybridized carbons (Fsp3) is 0.333. The molecule has 0 aliphatic heterocycles. The minimum atomic E-state index is -3.20. The molecule has 0 saturated carbocycles. The van der Waals surface area contributed by atoms with Crippen LogP contribution in [0.2, 0.25) is 0 Å². The van der Waals surface area contributed by atoms with Crippen LogP contribution in [0.4, 0.5) is 5.69 Å². The van der Waals surface area contributed by atoms with Crippen LogP contribution in [-0.2, 0) is 10.0 Å². The maximum absolute atomic E-state index is 12.0. The lowest BCUT2D eigenvalue weighted by atomic mass is 10.2. The lowest BCUT2D eigenvalue weighted by molar-refractivity contribution is 0.0950. The zero-order valence-electron chi connectivity index (χ0n) is 11.5. The van der Waals surface area contributed by atoms with Gasteiger partial charge in [0.05, 0.1) is 11.8 Å². The van der Waals surface area contributed by atoms with E-state index in [2.05, 4.69) is 20.2 Å². The van der Waals surface area contributed by atoms with Crippen molar-refractivity contribution >= 4 is 32.5 Å². The zero-order chi connectivity index (χ0) is 15.5. The molecule has 114 valence electrons. The number of nitrogens with two attached hydrogens (primary N) is 1. The molecule has 0 bridgehead atoms. The van der Waals surface area contributed by atoms with E-state index in [0.29, 0.717) is 24.0 Å². The van der Waals surface area contributed by atoms with E-state index in [-0.39, 0.29) is 18.1 Å². The second-order valence-electron chi connectivity index (χ2n) is 4.65. The Hall–Kier alpha value is -2.13. The van der Waals surface area contributed by atoms with Gasteiger partial charge in [-0.25, -0.2) is 13.1 Å². The van der Waals surface area contributed by atoms with E-state index in [4.69, 9.17) is 5.73 Å². The van der Waals surface area contributed by atoms with Gasteiger partial charge in [-0.05, 0) is 24.6 Å². The first-order chi connectivity index (χ1) is 9.87. The number of rotatable bonds is 6. The first-order valence-corrected chi connectivity index (χ1v) is 8.22. The molecule has 9 heteroatoms. The molecule has 2 aromatic rings. The summed E-state index contributed by atoms with van der Waals surface area (Å²) in [4.78, 5) is 12.0. The van der Waals surface area contributed by atoms with Crippen molar-refractivity contribution in [2.75, 3.05) is 25.1 Å². The van der Waals surface area contributed by atoms with Crippen LogP contribution >= 0.6 is 0 Å². The number of H-pyrrole nitrogens is 1. The predicted molar refractivity (Wildman–Crippen MR) is 80.3 cm³/mol. The number of carbonyl (C=O) groups excluding carboxylic acids is 1. The molecule has 0 fully saturated rings. The minimum absolute atomic E-state index is 0.271. The van der Waals surface area contributed by atoms with Gasteiger partial charge in [0.2, 0.25) is 10.0 Å². The summed E-state index contributed by atoms with van der Waals surface area (Å²) < 4.78 is 24.1. The van der Waals surface area contributed by atoms with Crippen LogP contribution < -0.4 is 15.8 Å². The van der Waals surface area contributed by atoms with E-state index < -0.39 is 10.0 Å². The molecule has 1 aromatic carbocycles. The van der Waals surface area contributed by atoms with Crippen LogP contribution in [0.3, 0.4) is 0 Å². The molecule has 0 unspecified atom stereocenters. The van der Waals surface area contributed by atoms with E-state index in [1.165, 1.54) is 0 Å². The number of nitrogens with zero attached hydrogens (tertiary/aromatic N) is 1. The Bertz CT molecular complexity index is 753. The van der Waals surface area contributed by atoms with Crippen LogP contribution in [0.15, 0.2) is 18.2 Å². The van der Waals surface area contributed by atoms with Crippen molar-refractivity contribution < 1.29 is 13.2 Å². The lowest BCUT2D eigenvalue weighted by Gasteiger charge is -2.04. The highest BCUT2D eigenvalue weighted by atomic mass is 32.2. The standard InChI is InChI=1S/C12H17N5O3S/c1-21(19,20)15-6-2-5-14-12(18)11-9-7-8(13)3-4-10(9)16-17-11/h3-4,7,15H,2,5-6,13H2,1H3,(H,14,18)(H,16,17). The molecule has 1 aromatic heterocycles. The van der Waals surface area contributed by atoms with Crippen molar-refractivity contribution in [2.45, 2.75) is 6.42 Å². The summed E-state index contributed by atoms with van der Waals surface area (Å²) in [5, 5.41) is 10.1. The van der Waals surface area contributed by atoms with Crippen molar-refractivity contribution in [2.24, 2.45) is 0 Å². The molecule has 0 aliphatic rings. The number of aromatic nitrogens is 2. The second kappa shape index (κ2) is 6.10. The number of anilines is 1. The number of hydrogen-bond donors (Lipinski definition) is 4. The highest BCUT2D eigenvalue weighted by Gasteiger charge is 2.13. The first kappa shape index (κ1) is 15.3. The average molecular weight is 311 g/mol. The largest absolute Gasteiger partial charge is 0.399 e. The summed E-state index contributed by atoms with van der Waals surface area (Å²) in [6.07, 6.45) is 1.58.